The second-order valence-corrected chi connectivity index (χ2v) is 8.33. The summed E-state index contributed by atoms with van der Waals surface area (Å²) in [5.41, 5.74) is 0.817. The van der Waals surface area contributed by atoms with Crippen LogP contribution in [0.25, 0.3) is 0 Å². The molecule has 2 fully saturated rings. The van der Waals surface area contributed by atoms with Gasteiger partial charge in [-0.2, -0.15) is 4.31 Å². The molecule has 0 unspecified atom stereocenters. The van der Waals surface area contributed by atoms with Crippen molar-refractivity contribution in [1.29, 1.82) is 0 Å². The van der Waals surface area contributed by atoms with Gasteiger partial charge >= 0.3 is 5.97 Å². The maximum atomic E-state index is 13.0. The van der Waals surface area contributed by atoms with E-state index in [1.807, 2.05) is 6.92 Å². The van der Waals surface area contributed by atoms with Crippen LogP contribution in [0.3, 0.4) is 0 Å². The van der Waals surface area contributed by atoms with Crippen molar-refractivity contribution in [3.8, 4) is 5.75 Å². The first kappa shape index (κ1) is 16.3. The standard InChI is InChI=1S/C16H21NO5S/c1-10-3-6-14(22-2)15(7-10)23(20,21)17-8-12(11-4-5-11)13(9-17)16(18)19/h3,6-7,11-13H,4-5,8-9H2,1-2H3,(H,18,19)/t12-,13+/m0/s1. The number of carbonyl (C=O) groups is 1. The molecule has 1 aromatic carbocycles. The number of ether oxygens (including phenoxy) is 1. The third-order valence-electron chi connectivity index (χ3n) is 4.81. The summed E-state index contributed by atoms with van der Waals surface area (Å²) in [6.45, 7) is 2.13. The third kappa shape index (κ3) is 2.95. The van der Waals surface area contributed by atoms with E-state index in [9.17, 15) is 18.3 Å². The van der Waals surface area contributed by atoms with Crippen LogP contribution in [0, 0.1) is 24.7 Å². The SMILES string of the molecule is COc1ccc(C)cc1S(=O)(=O)N1C[C@@H](C(=O)O)[C@H](C2CC2)C1. The highest BCUT2D eigenvalue weighted by molar-refractivity contribution is 7.89. The zero-order chi connectivity index (χ0) is 16.8. The predicted molar refractivity (Wildman–Crippen MR) is 83.8 cm³/mol. The summed E-state index contributed by atoms with van der Waals surface area (Å²) in [4.78, 5) is 11.6. The minimum atomic E-state index is -3.76. The Kier molecular flexibility index (Phi) is 4.10. The Morgan fingerprint density at radius 3 is 2.57 bits per heavy atom. The lowest BCUT2D eigenvalue weighted by molar-refractivity contribution is -0.142. The topological polar surface area (TPSA) is 83.9 Å². The summed E-state index contributed by atoms with van der Waals surface area (Å²) in [5.74, 6) is -0.977. The van der Waals surface area contributed by atoms with Gasteiger partial charge in [0.05, 0.1) is 13.0 Å². The van der Waals surface area contributed by atoms with Gasteiger partial charge in [-0.3, -0.25) is 4.79 Å². The molecule has 6 nitrogen and oxygen atoms in total. The molecule has 2 aliphatic rings. The Bertz CT molecular complexity index is 726. The van der Waals surface area contributed by atoms with Crippen molar-refractivity contribution in [2.45, 2.75) is 24.7 Å². The smallest absolute Gasteiger partial charge is 0.308 e. The monoisotopic (exact) mass is 339 g/mol. The van der Waals surface area contributed by atoms with Gasteiger partial charge in [0.25, 0.3) is 0 Å². The van der Waals surface area contributed by atoms with E-state index in [1.54, 1.807) is 18.2 Å². The summed E-state index contributed by atoms with van der Waals surface area (Å²) in [5, 5.41) is 9.41. The average molecular weight is 339 g/mol. The molecule has 7 heteroatoms. The van der Waals surface area contributed by atoms with Crippen molar-refractivity contribution < 1.29 is 23.1 Å². The first-order valence-electron chi connectivity index (χ1n) is 7.72. The normalized spacial score (nSPS) is 25.5. The summed E-state index contributed by atoms with van der Waals surface area (Å²) >= 11 is 0. The number of aliphatic carboxylic acids is 1. The van der Waals surface area contributed by atoms with Crippen molar-refractivity contribution in [2.24, 2.45) is 17.8 Å². The Morgan fingerprint density at radius 1 is 1.30 bits per heavy atom. The van der Waals surface area contributed by atoms with Gasteiger partial charge in [0.2, 0.25) is 10.0 Å². The van der Waals surface area contributed by atoms with Gasteiger partial charge in [-0.05, 0) is 49.3 Å². The highest BCUT2D eigenvalue weighted by Gasteiger charge is 2.49. The number of methoxy groups -OCH3 is 1. The fourth-order valence-electron chi connectivity index (χ4n) is 3.38. The first-order chi connectivity index (χ1) is 10.8. The molecule has 1 aliphatic carbocycles. The van der Waals surface area contributed by atoms with Crippen LogP contribution in [0.15, 0.2) is 23.1 Å². The molecular formula is C16H21NO5S. The minimum absolute atomic E-state index is 0.0376. The largest absolute Gasteiger partial charge is 0.495 e. The van der Waals surface area contributed by atoms with Crippen molar-refractivity contribution in [3.05, 3.63) is 23.8 Å². The van der Waals surface area contributed by atoms with Gasteiger partial charge < -0.3 is 9.84 Å². The number of carboxylic acids is 1. The van der Waals surface area contributed by atoms with E-state index in [2.05, 4.69) is 0 Å². The Balaban J connectivity index is 1.94. The minimum Gasteiger partial charge on any atom is -0.495 e. The van der Waals surface area contributed by atoms with Crippen molar-refractivity contribution >= 4 is 16.0 Å². The van der Waals surface area contributed by atoms with E-state index in [0.29, 0.717) is 5.92 Å². The number of benzene rings is 1. The number of hydrogen-bond donors (Lipinski definition) is 1. The first-order valence-corrected chi connectivity index (χ1v) is 9.16. The Labute approximate surface area is 136 Å². The van der Waals surface area contributed by atoms with E-state index in [1.165, 1.54) is 11.4 Å². The number of carboxylic acid groups (broad SMARTS) is 1. The molecule has 0 aromatic heterocycles. The van der Waals surface area contributed by atoms with E-state index < -0.39 is 21.9 Å². The van der Waals surface area contributed by atoms with Gasteiger partial charge in [-0.25, -0.2) is 8.42 Å². The van der Waals surface area contributed by atoms with E-state index in [4.69, 9.17) is 4.74 Å². The molecule has 1 saturated carbocycles. The molecular weight excluding hydrogens is 318 g/mol. The summed E-state index contributed by atoms with van der Waals surface area (Å²) in [6, 6.07) is 4.99. The van der Waals surface area contributed by atoms with Crippen LogP contribution in [0.4, 0.5) is 0 Å². The number of hydrogen-bond acceptors (Lipinski definition) is 4. The molecule has 0 amide bonds. The molecule has 3 rings (SSSR count). The maximum Gasteiger partial charge on any atom is 0.308 e. The van der Waals surface area contributed by atoms with Crippen LogP contribution in [-0.2, 0) is 14.8 Å². The lowest BCUT2D eigenvalue weighted by Gasteiger charge is -2.18. The lowest BCUT2D eigenvalue weighted by Crippen LogP contribution is -2.30. The van der Waals surface area contributed by atoms with Crippen molar-refractivity contribution in [1.82, 2.24) is 4.31 Å². The van der Waals surface area contributed by atoms with E-state index in [-0.39, 0.29) is 29.7 Å². The molecule has 0 spiro atoms. The second-order valence-electron chi connectivity index (χ2n) is 6.42. The number of aryl methyl sites for hydroxylation is 1. The van der Waals surface area contributed by atoms with Crippen LogP contribution in [0.1, 0.15) is 18.4 Å². The second kappa shape index (κ2) is 5.79. The van der Waals surface area contributed by atoms with Crippen molar-refractivity contribution in [2.75, 3.05) is 20.2 Å². The van der Waals surface area contributed by atoms with Crippen LogP contribution in [-0.4, -0.2) is 44.0 Å². The molecule has 126 valence electrons. The number of nitrogens with zero attached hydrogens (tertiary/aromatic N) is 1. The summed E-state index contributed by atoms with van der Waals surface area (Å²) in [6.07, 6.45) is 1.99. The predicted octanol–water partition coefficient (Wildman–Crippen LogP) is 1.73. The molecule has 2 atom stereocenters. The number of rotatable bonds is 5. The van der Waals surface area contributed by atoms with Gasteiger partial charge in [0.15, 0.2) is 0 Å². The quantitative estimate of drug-likeness (QED) is 0.883. The zero-order valence-corrected chi connectivity index (χ0v) is 14.0. The third-order valence-corrected chi connectivity index (χ3v) is 6.67. The maximum absolute atomic E-state index is 13.0. The Hall–Kier alpha value is -1.60. The van der Waals surface area contributed by atoms with Crippen LogP contribution in [0.5, 0.6) is 5.75 Å². The molecule has 0 radical (unpaired) electrons. The van der Waals surface area contributed by atoms with Crippen LogP contribution >= 0.6 is 0 Å². The zero-order valence-electron chi connectivity index (χ0n) is 13.2. The summed E-state index contributed by atoms with van der Waals surface area (Å²) < 4.78 is 32.4. The highest BCUT2D eigenvalue weighted by atomic mass is 32.2. The summed E-state index contributed by atoms with van der Waals surface area (Å²) in [7, 11) is -2.33. The van der Waals surface area contributed by atoms with Crippen molar-refractivity contribution in [3.63, 3.8) is 0 Å². The fraction of sp³-hybridized carbons (Fsp3) is 0.562. The Morgan fingerprint density at radius 2 is 2.00 bits per heavy atom. The van der Waals surface area contributed by atoms with Crippen LogP contribution in [0.2, 0.25) is 0 Å². The van der Waals surface area contributed by atoms with Gasteiger partial charge in [-0.1, -0.05) is 6.07 Å². The van der Waals surface area contributed by atoms with Gasteiger partial charge in [-0.15, -0.1) is 0 Å². The molecule has 1 N–H and O–H groups in total. The van der Waals surface area contributed by atoms with E-state index in [0.717, 1.165) is 18.4 Å². The fourth-order valence-corrected chi connectivity index (χ4v) is 5.12. The van der Waals surface area contributed by atoms with E-state index >= 15 is 0 Å². The molecule has 1 aliphatic heterocycles. The molecule has 1 saturated heterocycles. The molecule has 1 aromatic rings. The van der Waals surface area contributed by atoms with Gasteiger partial charge in [0.1, 0.15) is 10.6 Å². The van der Waals surface area contributed by atoms with Gasteiger partial charge in [0, 0.05) is 13.1 Å². The van der Waals surface area contributed by atoms with Crippen LogP contribution < -0.4 is 4.74 Å². The number of sulfonamides is 1. The average Bonchev–Trinajstić information content (AvgIpc) is 3.24. The molecule has 1 heterocycles. The molecule has 0 bridgehead atoms. The highest BCUT2D eigenvalue weighted by Crippen LogP contribution is 2.45. The lowest BCUT2D eigenvalue weighted by atomic mass is 9.92. The molecule has 23 heavy (non-hydrogen) atoms.